The molecule has 4 nitrogen and oxygen atoms in total. The van der Waals surface area contributed by atoms with Crippen molar-refractivity contribution in [3.63, 3.8) is 0 Å². The standard InChI is InChI=1S/C15H17F3N2O2S/c1-9-11(15(16,17)18)4-3-5-12(9)19-13(21)14(22)20(2)10-6-7-23-8-10/h3-5,10H,6-8H2,1-2H3,(H,19,21). The van der Waals surface area contributed by atoms with Gasteiger partial charge in [-0.1, -0.05) is 6.07 Å². The number of benzene rings is 1. The maximum Gasteiger partial charge on any atom is 0.416 e. The maximum atomic E-state index is 12.9. The molecule has 0 spiro atoms. The maximum absolute atomic E-state index is 12.9. The molecule has 1 aliphatic heterocycles. The van der Waals surface area contributed by atoms with E-state index in [4.69, 9.17) is 0 Å². The summed E-state index contributed by atoms with van der Waals surface area (Å²) in [5.41, 5.74) is -0.948. The summed E-state index contributed by atoms with van der Waals surface area (Å²) in [5, 5.41) is 2.29. The average Bonchev–Trinajstić information content (AvgIpc) is 3.00. The molecule has 0 aromatic heterocycles. The molecule has 23 heavy (non-hydrogen) atoms. The van der Waals surface area contributed by atoms with E-state index < -0.39 is 23.6 Å². The Bertz CT molecular complexity index is 613. The minimum atomic E-state index is -4.51. The van der Waals surface area contributed by atoms with E-state index in [1.54, 1.807) is 11.8 Å². The summed E-state index contributed by atoms with van der Waals surface area (Å²) in [6.07, 6.45) is -3.70. The zero-order chi connectivity index (χ0) is 17.2. The van der Waals surface area contributed by atoms with Crippen LogP contribution in [0.15, 0.2) is 18.2 Å². The third kappa shape index (κ3) is 3.99. The predicted octanol–water partition coefficient (Wildman–Crippen LogP) is 2.92. The molecule has 2 amide bonds. The quantitative estimate of drug-likeness (QED) is 0.838. The van der Waals surface area contributed by atoms with Gasteiger partial charge in [-0.2, -0.15) is 24.9 Å². The molecule has 2 rings (SSSR count). The molecule has 1 saturated heterocycles. The third-order valence-electron chi connectivity index (χ3n) is 3.86. The highest BCUT2D eigenvalue weighted by Gasteiger charge is 2.33. The van der Waals surface area contributed by atoms with Gasteiger partial charge >= 0.3 is 18.0 Å². The van der Waals surface area contributed by atoms with Crippen molar-refractivity contribution in [3.8, 4) is 0 Å². The van der Waals surface area contributed by atoms with Crippen LogP contribution in [0, 0.1) is 6.92 Å². The fourth-order valence-corrected chi connectivity index (χ4v) is 3.68. The van der Waals surface area contributed by atoms with Crippen molar-refractivity contribution in [1.29, 1.82) is 0 Å². The van der Waals surface area contributed by atoms with E-state index in [0.717, 1.165) is 24.0 Å². The third-order valence-corrected chi connectivity index (χ3v) is 5.00. The van der Waals surface area contributed by atoms with E-state index in [9.17, 15) is 22.8 Å². The summed E-state index contributed by atoms with van der Waals surface area (Å²) < 4.78 is 38.6. The van der Waals surface area contributed by atoms with Crippen molar-refractivity contribution >= 4 is 29.3 Å². The fourth-order valence-electron chi connectivity index (χ4n) is 2.41. The molecule has 1 aromatic carbocycles. The van der Waals surface area contributed by atoms with E-state index in [0.29, 0.717) is 0 Å². The Hall–Kier alpha value is -1.70. The average molecular weight is 346 g/mol. The molecule has 1 aliphatic rings. The number of thioether (sulfide) groups is 1. The minimum Gasteiger partial charge on any atom is -0.334 e. The summed E-state index contributed by atoms with van der Waals surface area (Å²) >= 11 is 1.70. The van der Waals surface area contributed by atoms with Crippen LogP contribution in [0.5, 0.6) is 0 Å². The van der Waals surface area contributed by atoms with Crippen LogP contribution >= 0.6 is 11.8 Å². The second kappa shape index (κ2) is 6.82. The Morgan fingerprint density at radius 2 is 2.04 bits per heavy atom. The number of carbonyl (C=O) groups is 2. The van der Waals surface area contributed by atoms with Crippen LogP contribution in [-0.4, -0.2) is 41.3 Å². The van der Waals surface area contributed by atoms with Gasteiger partial charge in [0.25, 0.3) is 0 Å². The molecule has 1 heterocycles. The topological polar surface area (TPSA) is 49.4 Å². The molecule has 1 atom stereocenters. The zero-order valence-corrected chi connectivity index (χ0v) is 13.6. The van der Waals surface area contributed by atoms with Gasteiger partial charge in [0.1, 0.15) is 0 Å². The van der Waals surface area contributed by atoms with Crippen molar-refractivity contribution in [1.82, 2.24) is 4.90 Å². The molecular formula is C15H17F3N2O2S. The highest BCUT2D eigenvalue weighted by molar-refractivity contribution is 7.99. The first-order valence-corrected chi connectivity index (χ1v) is 8.20. The van der Waals surface area contributed by atoms with Crippen molar-refractivity contribution in [2.75, 3.05) is 23.9 Å². The second-order valence-electron chi connectivity index (χ2n) is 5.36. The number of hydrogen-bond donors (Lipinski definition) is 1. The highest BCUT2D eigenvalue weighted by atomic mass is 32.2. The number of nitrogens with one attached hydrogen (secondary N) is 1. The first-order valence-electron chi connectivity index (χ1n) is 7.04. The lowest BCUT2D eigenvalue weighted by atomic mass is 10.1. The molecule has 0 bridgehead atoms. The Labute approximate surface area is 136 Å². The second-order valence-corrected chi connectivity index (χ2v) is 6.51. The molecule has 1 aromatic rings. The van der Waals surface area contributed by atoms with E-state index in [1.165, 1.54) is 31.0 Å². The number of carbonyl (C=O) groups excluding carboxylic acids is 2. The fraction of sp³-hybridized carbons (Fsp3) is 0.467. The van der Waals surface area contributed by atoms with Gasteiger partial charge < -0.3 is 10.2 Å². The number of amides is 2. The molecule has 126 valence electrons. The summed E-state index contributed by atoms with van der Waals surface area (Å²) in [5.74, 6) is 0.0236. The SMILES string of the molecule is Cc1c(NC(=O)C(=O)N(C)C2CCSC2)cccc1C(F)(F)F. The van der Waals surface area contributed by atoms with Crippen LogP contribution in [0.25, 0.3) is 0 Å². The lowest BCUT2D eigenvalue weighted by Crippen LogP contribution is -2.43. The van der Waals surface area contributed by atoms with Crippen molar-refractivity contribution in [3.05, 3.63) is 29.3 Å². The number of likely N-dealkylation sites (N-methyl/N-ethyl adjacent to an activating group) is 1. The Balaban J connectivity index is 2.12. The Morgan fingerprint density at radius 1 is 1.35 bits per heavy atom. The van der Waals surface area contributed by atoms with Gasteiger partial charge in [-0.25, -0.2) is 0 Å². The number of halogens is 3. The van der Waals surface area contributed by atoms with E-state index >= 15 is 0 Å². The predicted molar refractivity (Wildman–Crippen MR) is 83.3 cm³/mol. The van der Waals surface area contributed by atoms with Crippen molar-refractivity contribution < 1.29 is 22.8 Å². The molecule has 8 heteroatoms. The Kier molecular flexibility index (Phi) is 5.23. The summed E-state index contributed by atoms with van der Waals surface area (Å²) in [6, 6.07) is 3.48. The van der Waals surface area contributed by atoms with Crippen LogP contribution in [0.4, 0.5) is 18.9 Å². The first-order chi connectivity index (χ1) is 10.7. The normalized spacial score (nSPS) is 17.9. The molecule has 0 aliphatic carbocycles. The summed E-state index contributed by atoms with van der Waals surface area (Å²) in [4.78, 5) is 25.5. The molecule has 0 radical (unpaired) electrons. The molecule has 1 unspecified atom stereocenters. The largest absolute Gasteiger partial charge is 0.416 e. The van der Waals surface area contributed by atoms with Crippen LogP contribution in [0.3, 0.4) is 0 Å². The van der Waals surface area contributed by atoms with Crippen LogP contribution < -0.4 is 5.32 Å². The number of alkyl halides is 3. The van der Waals surface area contributed by atoms with E-state index in [-0.39, 0.29) is 17.3 Å². The first kappa shape index (κ1) is 17.7. The zero-order valence-electron chi connectivity index (χ0n) is 12.7. The van der Waals surface area contributed by atoms with Gasteiger partial charge in [0.15, 0.2) is 0 Å². The van der Waals surface area contributed by atoms with Crippen LogP contribution in [0.2, 0.25) is 0 Å². The molecule has 1 fully saturated rings. The van der Waals surface area contributed by atoms with Crippen molar-refractivity contribution in [2.45, 2.75) is 25.6 Å². The molecular weight excluding hydrogens is 329 g/mol. The van der Waals surface area contributed by atoms with Gasteiger partial charge in [-0.3, -0.25) is 9.59 Å². The highest BCUT2D eigenvalue weighted by Crippen LogP contribution is 2.34. The van der Waals surface area contributed by atoms with Crippen LogP contribution in [0.1, 0.15) is 17.5 Å². The van der Waals surface area contributed by atoms with E-state index in [2.05, 4.69) is 5.32 Å². The molecule has 0 saturated carbocycles. The smallest absolute Gasteiger partial charge is 0.334 e. The Morgan fingerprint density at radius 3 is 2.61 bits per heavy atom. The van der Waals surface area contributed by atoms with Gasteiger partial charge in [0.05, 0.1) is 5.56 Å². The van der Waals surface area contributed by atoms with Gasteiger partial charge in [0.2, 0.25) is 0 Å². The van der Waals surface area contributed by atoms with Gasteiger partial charge in [-0.05, 0) is 36.8 Å². The lowest BCUT2D eigenvalue weighted by molar-refractivity contribution is -0.143. The minimum absolute atomic E-state index is 0.00706. The summed E-state index contributed by atoms with van der Waals surface area (Å²) in [7, 11) is 1.54. The lowest BCUT2D eigenvalue weighted by Gasteiger charge is -2.23. The molecule has 1 N–H and O–H groups in total. The number of anilines is 1. The van der Waals surface area contributed by atoms with E-state index in [1.807, 2.05) is 0 Å². The monoisotopic (exact) mass is 346 g/mol. The van der Waals surface area contributed by atoms with Gasteiger partial charge in [0, 0.05) is 24.5 Å². The number of hydrogen-bond acceptors (Lipinski definition) is 3. The van der Waals surface area contributed by atoms with Gasteiger partial charge in [-0.15, -0.1) is 0 Å². The number of rotatable bonds is 2. The van der Waals surface area contributed by atoms with Crippen molar-refractivity contribution in [2.24, 2.45) is 0 Å². The number of nitrogens with zero attached hydrogens (tertiary/aromatic N) is 1. The summed E-state index contributed by atoms with van der Waals surface area (Å²) in [6.45, 7) is 1.26. The van der Waals surface area contributed by atoms with Crippen LogP contribution in [-0.2, 0) is 15.8 Å².